The van der Waals surface area contributed by atoms with Gasteiger partial charge in [0.2, 0.25) is 10.0 Å². The van der Waals surface area contributed by atoms with Crippen LogP contribution in [0.1, 0.15) is 36.1 Å². The van der Waals surface area contributed by atoms with Crippen LogP contribution in [-0.2, 0) is 16.4 Å². The molecular weight excluding hydrogens is 492 g/mol. The molecule has 4 atom stereocenters. The first kappa shape index (κ1) is 25.4. The van der Waals surface area contributed by atoms with Crippen molar-refractivity contribution in [2.24, 2.45) is 5.92 Å². The van der Waals surface area contributed by atoms with Crippen molar-refractivity contribution in [3.05, 3.63) is 88.4 Å². The Morgan fingerprint density at radius 3 is 2.50 bits per heavy atom. The Labute approximate surface area is 219 Å². The van der Waals surface area contributed by atoms with Crippen LogP contribution in [0.5, 0.6) is 0 Å². The van der Waals surface area contributed by atoms with Crippen molar-refractivity contribution >= 4 is 21.6 Å². The molecule has 5 nitrogen and oxygen atoms in total. The van der Waals surface area contributed by atoms with Gasteiger partial charge in [-0.1, -0.05) is 48.0 Å². The first-order valence-corrected chi connectivity index (χ1v) is 14.3. The van der Waals surface area contributed by atoms with Crippen LogP contribution >= 0.6 is 11.6 Å². The fourth-order valence-electron chi connectivity index (χ4n) is 5.95. The quantitative estimate of drug-likeness (QED) is 0.491. The van der Waals surface area contributed by atoms with E-state index in [1.54, 1.807) is 38.2 Å². The van der Waals surface area contributed by atoms with Crippen molar-refractivity contribution in [2.45, 2.75) is 49.8 Å². The van der Waals surface area contributed by atoms with Crippen molar-refractivity contribution in [3.8, 4) is 11.1 Å². The highest BCUT2D eigenvalue weighted by Gasteiger charge is 2.45. The number of halogens is 1. The van der Waals surface area contributed by atoms with Crippen LogP contribution in [0, 0.1) is 12.8 Å². The van der Waals surface area contributed by atoms with Gasteiger partial charge in [0.1, 0.15) is 0 Å². The number of fused-ring (bicyclic) bond motifs is 3. The summed E-state index contributed by atoms with van der Waals surface area (Å²) in [5.74, 6) is -0.186. The molecule has 0 aliphatic carbocycles. The maximum Gasteiger partial charge on any atom is 0.243 e. The molecule has 2 heterocycles. The highest BCUT2D eigenvalue weighted by molar-refractivity contribution is 7.89. The van der Waals surface area contributed by atoms with E-state index >= 15 is 0 Å². The summed E-state index contributed by atoms with van der Waals surface area (Å²) in [4.78, 5) is 2.65. The van der Waals surface area contributed by atoms with Crippen LogP contribution in [-0.4, -0.2) is 55.0 Å². The molecule has 0 unspecified atom stereocenters. The summed E-state index contributed by atoms with van der Waals surface area (Å²) in [5, 5.41) is 11.2. The summed E-state index contributed by atoms with van der Waals surface area (Å²) in [6.45, 7) is 5.46. The largest absolute Gasteiger partial charge is 0.393 e. The van der Waals surface area contributed by atoms with E-state index < -0.39 is 16.1 Å². The van der Waals surface area contributed by atoms with Gasteiger partial charge < -0.3 is 5.11 Å². The van der Waals surface area contributed by atoms with E-state index in [4.69, 9.17) is 11.6 Å². The molecule has 0 spiro atoms. The van der Waals surface area contributed by atoms with Gasteiger partial charge in [-0.05, 0) is 84.8 Å². The molecule has 0 radical (unpaired) electrons. The molecule has 3 aromatic carbocycles. The lowest BCUT2D eigenvalue weighted by Gasteiger charge is -2.50. The Morgan fingerprint density at radius 1 is 1.08 bits per heavy atom. The molecular formula is C29H33ClN2O3S. The van der Waals surface area contributed by atoms with Crippen molar-refractivity contribution in [1.29, 1.82) is 0 Å². The van der Waals surface area contributed by atoms with E-state index in [-0.39, 0.29) is 22.9 Å². The number of benzene rings is 3. The zero-order chi connectivity index (χ0) is 25.6. The summed E-state index contributed by atoms with van der Waals surface area (Å²) in [7, 11) is -2.10. The number of hydrogen-bond acceptors (Lipinski definition) is 4. The number of piperidine rings is 1. The molecule has 2 aliphatic heterocycles. The smallest absolute Gasteiger partial charge is 0.243 e. The topological polar surface area (TPSA) is 60.9 Å². The van der Waals surface area contributed by atoms with Gasteiger partial charge in [-0.3, -0.25) is 4.90 Å². The lowest BCUT2D eigenvalue weighted by molar-refractivity contribution is -0.00981. The summed E-state index contributed by atoms with van der Waals surface area (Å²) in [6, 6.07) is 21.2. The van der Waals surface area contributed by atoms with E-state index in [9.17, 15) is 13.5 Å². The lowest BCUT2D eigenvalue weighted by atomic mass is 9.78. The maximum atomic E-state index is 13.6. The molecule has 7 heteroatoms. The second-order valence-corrected chi connectivity index (χ2v) is 12.6. The van der Waals surface area contributed by atoms with E-state index in [1.165, 1.54) is 32.1 Å². The van der Waals surface area contributed by atoms with Gasteiger partial charge in [0.05, 0.1) is 11.0 Å². The Morgan fingerprint density at radius 2 is 1.81 bits per heavy atom. The zero-order valence-corrected chi connectivity index (χ0v) is 22.5. The summed E-state index contributed by atoms with van der Waals surface area (Å²) in [5.41, 5.74) is 6.23. The van der Waals surface area contributed by atoms with Gasteiger partial charge in [0.25, 0.3) is 0 Å². The second-order valence-electron chi connectivity index (χ2n) is 10.2. The van der Waals surface area contributed by atoms with Crippen LogP contribution in [0.15, 0.2) is 71.6 Å². The number of nitrogens with zero attached hydrogens (tertiary/aromatic N) is 2. The third kappa shape index (κ3) is 4.61. The molecule has 2 aliphatic rings. The second kappa shape index (κ2) is 9.92. The highest BCUT2D eigenvalue weighted by Crippen LogP contribution is 2.43. The fourth-order valence-corrected chi connectivity index (χ4v) is 7.48. The lowest BCUT2D eigenvalue weighted by Crippen LogP contribution is -2.56. The average Bonchev–Trinajstić information content (AvgIpc) is 2.87. The molecule has 1 N–H and O–H groups in total. The van der Waals surface area contributed by atoms with Crippen molar-refractivity contribution in [1.82, 2.24) is 9.21 Å². The number of aliphatic hydroxyl groups excluding tert-OH is 1. The molecule has 0 saturated carbocycles. The summed E-state index contributed by atoms with van der Waals surface area (Å²) in [6.07, 6.45) is 0.956. The van der Waals surface area contributed by atoms with Crippen LogP contribution in [0.2, 0.25) is 5.02 Å². The fraction of sp³-hybridized carbons (Fsp3) is 0.379. The Hall–Kier alpha value is -2.22. The minimum atomic E-state index is -3.75. The van der Waals surface area contributed by atoms with E-state index in [2.05, 4.69) is 54.3 Å². The van der Waals surface area contributed by atoms with Crippen molar-refractivity contribution in [3.63, 3.8) is 0 Å². The number of aliphatic hydroxyl groups is 1. The zero-order valence-electron chi connectivity index (χ0n) is 20.9. The first-order valence-electron chi connectivity index (χ1n) is 12.5. The van der Waals surface area contributed by atoms with Crippen molar-refractivity contribution in [2.75, 3.05) is 20.1 Å². The molecule has 0 bridgehead atoms. The highest BCUT2D eigenvalue weighted by atomic mass is 35.5. The molecule has 36 heavy (non-hydrogen) atoms. The standard InChI is InChI=1S/C29H33ClN2O3S/c1-19-6-4-5-7-25(19)22-9-8-21-14-15-32-18-27(20(2)33)28(17-29(32)26(21)16-22)31(3)36(34,35)24-12-10-23(30)11-13-24/h4-13,16,20,27-29,33H,14-15,17-18H2,1-3H3/t20-,27-,28-,29-/m0/s1. The molecule has 1 saturated heterocycles. The summed E-state index contributed by atoms with van der Waals surface area (Å²) < 4.78 is 28.6. The number of rotatable bonds is 5. The monoisotopic (exact) mass is 524 g/mol. The van der Waals surface area contributed by atoms with Gasteiger partial charge in [-0.15, -0.1) is 0 Å². The number of sulfonamides is 1. The first-order chi connectivity index (χ1) is 17.2. The molecule has 5 rings (SSSR count). The van der Waals surface area contributed by atoms with E-state index in [0.717, 1.165) is 13.0 Å². The molecule has 3 aromatic rings. The minimum absolute atomic E-state index is 0.0978. The van der Waals surface area contributed by atoms with Crippen molar-refractivity contribution < 1.29 is 13.5 Å². The maximum absolute atomic E-state index is 13.6. The predicted octanol–water partition coefficient (Wildman–Crippen LogP) is 5.30. The molecule has 1 fully saturated rings. The van der Waals surface area contributed by atoms with Crippen LogP contribution in [0.25, 0.3) is 11.1 Å². The predicted molar refractivity (Wildman–Crippen MR) is 145 cm³/mol. The molecule has 190 valence electrons. The van der Waals surface area contributed by atoms with Gasteiger partial charge in [-0.2, -0.15) is 4.31 Å². The third-order valence-electron chi connectivity index (χ3n) is 8.05. The molecule has 0 amide bonds. The van der Waals surface area contributed by atoms with Crippen LogP contribution < -0.4 is 0 Å². The Bertz CT molecular complexity index is 1360. The third-order valence-corrected chi connectivity index (χ3v) is 10.2. The van der Waals surface area contributed by atoms with Gasteiger partial charge >= 0.3 is 0 Å². The van der Waals surface area contributed by atoms with Gasteiger partial charge in [0, 0.05) is 43.2 Å². The van der Waals surface area contributed by atoms with Crippen LogP contribution in [0.3, 0.4) is 0 Å². The number of hydrogen-bond donors (Lipinski definition) is 1. The molecule has 0 aromatic heterocycles. The summed E-state index contributed by atoms with van der Waals surface area (Å²) >= 11 is 6.00. The Kier molecular flexibility index (Phi) is 7.01. The van der Waals surface area contributed by atoms with Gasteiger partial charge in [0.15, 0.2) is 0 Å². The van der Waals surface area contributed by atoms with E-state index in [1.807, 2.05) is 0 Å². The van der Waals surface area contributed by atoms with Gasteiger partial charge in [-0.25, -0.2) is 8.42 Å². The minimum Gasteiger partial charge on any atom is -0.393 e. The van der Waals surface area contributed by atoms with Crippen LogP contribution in [0.4, 0.5) is 0 Å². The SMILES string of the molecule is Cc1ccccc1-c1ccc2c(c1)[C@@H]1C[C@H](N(C)S(=O)(=O)c3ccc(Cl)cc3)[C@H]([C@H](C)O)CN1CC2. The average molecular weight is 525 g/mol. The number of aryl methyl sites for hydroxylation is 1. The normalized spacial score (nSPS) is 23.2. The Balaban J connectivity index is 1.51. The van der Waals surface area contributed by atoms with E-state index in [0.29, 0.717) is 18.0 Å².